The quantitative estimate of drug-likeness (QED) is 0.695. The summed E-state index contributed by atoms with van der Waals surface area (Å²) < 4.78 is 5.11. The van der Waals surface area contributed by atoms with Gasteiger partial charge in [-0.05, 0) is 30.5 Å². The smallest absolute Gasteiger partial charge is 0.0589 e. The minimum absolute atomic E-state index is 0.661. The highest BCUT2D eigenvalue weighted by molar-refractivity contribution is 6.18. The summed E-state index contributed by atoms with van der Waals surface area (Å²) in [6.45, 7) is 7.81. The van der Waals surface area contributed by atoms with Gasteiger partial charge in [0.15, 0.2) is 0 Å². The first-order chi connectivity index (χ1) is 8.17. The fourth-order valence-electron chi connectivity index (χ4n) is 1.77. The molecule has 0 saturated carbocycles. The molecule has 0 unspecified atom stereocenters. The lowest BCUT2D eigenvalue weighted by atomic mass is 10.1. The topological polar surface area (TPSA) is 12.5 Å². The number of nitrogens with zero attached hydrogens (tertiary/aromatic N) is 1. The number of aryl methyl sites for hydroxylation is 2. The standard InChI is InChI=1S/C14H22ClNO/c1-12-4-5-14(10-13(12)2)11-16(7-6-15)8-9-17-3/h4-5,10H,6-9,11H2,1-3H3. The Hall–Kier alpha value is -0.570. The van der Waals surface area contributed by atoms with Crippen molar-refractivity contribution in [3.63, 3.8) is 0 Å². The summed E-state index contributed by atoms with van der Waals surface area (Å²) in [6, 6.07) is 6.62. The third-order valence-corrected chi connectivity index (χ3v) is 3.16. The van der Waals surface area contributed by atoms with Crippen LogP contribution in [0.15, 0.2) is 18.2 Å². The number of ether oxygens (including phenoxy) is 1. The molecule has 0 atom stereocenters. The molecule has 0 aliphatic carbocycles. The van der Waals surface area contributed by atoms with Gasteiger partial charge in [-0.25, -0.2) is 0 Å². The van der Waals surface area contributed by atoms with E-state index < -0.39 is 0 Å². The van der Waals surface area contributed by atoms with Gasteiger partial charge >= 0.3 is 0 Å². The van der Waals surface area contributed by atoms with E-state index in [1.807, 2.05) is 0 Å². The van der Waals surface area contributed by atoms with E-state index in [1.54, 1.807) is 7.11 Å². The molecule has 1 aromatic carbocycles. The molecule has 0 N–H and O–H groups in total. The van der Waals surface area contributed by atoms with Gasteiger partial charge in [0, 0.05) is 32.6 Å². The minimum atomic E-state index is 0.661. The maximum absolute atomic E-state index is 5.82. The average molecular weight is 256 g/mol. The third-order valence-electron chi connectivity index (χ3n) is 2.99. The van der Waals surface area contributed by atoms with E-state index in [4.69, 9.17) is 16.3 Å². The molecule has 0 amide bonds. The van der Waals surface area contributed by atoms with Crippen LogP contribution in [0.2, 0.25) is 0 Å². The fourth-order valence-corrected chi connectivity index (χ4v) is 2.01. The maximum Gasteiger partial charge on any atom is 0.0589 e. The zero-order valence-electron chi connectivity index (χ0n) is 11.0. The molecule has 0 aromatic heterocycles. The summed E-state index contributed by atoms with van der Waals surface area (Å²) in [5.41, 5.74) is 4.03. The molecule has 1 rings (SSSR count). The largest absolute Gasteiger partial charge is 0.383 e. The van der Waals surface area contributed by atoms with Gasteiger partial charge in [-0.15, -0.1) is 11.6 Å². The van der Waals surface area contributed by atoms with Crippen LogP contribution in [-0.4, -0.2) is 37.6 Å². The minimum Gasteiger partial charge on any atom is -0.383 e. The van der Waals surface area contributed by atoms with Crippen LogP contribution < -0.4 is 0 Å². The van der Waals surface area contributed by atoms with Gasteiger partial charge in [0.25, 0.3) is 0 Å². The molecule has 3 heteroatoms. The average Bonchev–Trinajstić information content (AvgIpc) is 2.31. The molecule has 0 aliphatic heterocycles. The molecular weight excluding hydrogens is 234 g/mol. The Morgan fingerprint density at radius 3 is 2.53 bits per heavy atom. The van der Waals surface area contributed by atoms with E-state index in [1.165, 1.54) is 16.7 Å². The van der Waals surface area contributed by atoms with Crippen LogP contribution in [-0.2, 0) is 11.3 Å². The number of benzene rings is 1. The zero-order chi connectivity index (χ0) is 12.7. The maximum atomic E-state index is 5.82. The van der Waals surface area contributed by atoms with Crippen molar-refractivity contribution in [2.45, 2.75) is 20.4 Å². The first kappa shape index (κ1) is 14.5. The van der Waals surface area contributed by atoms with Crippen LogP contribution in [0.3, 0.4) is 0 Å². The highest BCUT2D eigenvalue weighted by Crippen LogP contribution is 2.12. The van der Waals surface area contributed by atoms with Crippen LogP contribution in [0, 0.1) is 13.8 Å². The number of hydrogen-bond donors (Lipinski definition) is 0. The molecule has 0 radical (unpaired) electrons. The van der Waals surface area contributed by atoms with Gasteiger partial charge in [0.1, 0.15) is 0 Å². The summed E-state index contributed by atoms with van der Waals surface area (Å²) >= 11 is 5.82. The SMILES string of the molecule is COCCN(CCCl)Cc1ccc(C)c(C)c1. The molecule has 1 aromatic rings. The fraction of sp³-hybridized carbons (Fsp3) is 0.571. The highest BCUT2D eigenvalue weighted by atomic mass is 35.5. The van der Waals surface area contributed by atoms with Gasteiger partial charge in [-0.3, -0.25) is 4.90 Å². The lowest BCUT2D eigenvalue weighted by Gasteiger charge is -2.21. The van der Waals surface area contributed by atoms with Gasteiger partial charge in [0.05, 0.1) is 6.61 Å². The first-order valence-electron chi connectivity index (χ1n) is 6.00. The molecule has 0 heterocycles. The molecule has 2 nitrogen and oxygen atoms in total. The number of rotatable bonds is 7. The normalized spacial score (nSPS) is 11.1. The predicted octanol–water partition coefficient (Wildman–Crippen LogP) is 2.99. The van der Waals surface area contributed by atoms with Crippen molar-refractivity contribution in [1.82, 2.24) is 4.90 Å². The van der Waals surface area contributed by atoms with E-state index in [0.29, 0.717) is 5.88 Å². The van der Waals surface area contributed by atoms with E-state index in [-0.39, 0.29) is 0 Å². The van der Waals surface area contributed by atoms with Crippen molar-refractivity contribution in [2.24, 2.45) is 0 Å². The Labute approximate surface area is 110 Å². The highest BCUT2D eigenvalue weighted by Gasteiger charge is 2.05. The summed E-state index contributed by atoms with van der Waals surface area (Å²) in [5.74, 6) is 0.661. The number of hydrogen-bond acceptors (Lipinski definition) is 2. The van der Waals surface area contributed by atoms with E-state index >= 15 is 0 Å². The summed E-state index contributed by atoms with van der Waals surface area (Å²) in [7, 11) is 1.73. The van der Waals surface area contributed by atoms with E-state index in [0.717, 1.165) is 26.2 Å². The molecule has 0 spiro atoms. The predicted molar refractivity (Wildman–Crippen MR) is 73.8 cm³/mol. The molecular formula is C14H22ClNO. The van der Waals surface area contributed by atoms with Gasteiger partial charge < -0.3 is 4.74 Å². The van der Waals surface area contributed by atoms with Crippen LogP contribution in [0.25, 0.3) is 0 Å². The number of alkyl halides is 1. The zero-order valence-corrected chi connectivity index (χ0v) is 11.8. The van der Waals surface area contributed by atoms with Crippen LogP contribution in [0.5, 0.6) is 0 Å². The van der Waals surface area contributed by atoms with Crippen molar-refractivity contribution in [3.05, 3.63) is 34.9 Å². The van der Waals surface area contributed by atoms with Crippen molar-refractivity contribution >= 4 is 11.6 Å². The molecule has 0 fully saturated rings. The Morgan fingerprint density at radius 1 is 1.18 bits per heavy atom. The Morgan fingerprint density at radius 2 is 1.94 bits per heavy atom. The monoisotopic (exact) mass is 255 g/mol. The van der Waals surface area contributed by atoms with Crippen molar-refractivity contribution < 1.29 is 4.74 Å². The van der Waals surface area contributed by atoms with Crippen LogP contribution >= 0.6 is 11.6 Å². The lowest BCUT2D eigenvalue weighted by Crippen LogP contribution is -2.28. The summed E-state index contributed by atoms with van der Waals surface area (Å²) in [5, 5.41) is 0. The second kappa shape index (κ2) is 7.70. The Balaban J connectivity index is 2.61. The lowest BCUT2D eigenvalue weighted by molar-refractivity contribution is 0.148. The van der Waals surface area contributed by atoms with Crippen molar-refractivity contribution in [2.75, 3.05) is 32.7 Å². The van der Waals surface area contributed by atoms with E-state index in [2.05, 4.69) is 36.9 Å². The Kier molecular flexibility index (Phi) is 6.56. The second-order valence-electron chi connectivity index (χ2n) is 4.38. The van der Waals surface area contributed by atoms with Crippen molar-refractivity contribution in [3.8, 4) is 0 Å². The number of methoxy groups -OCH3 is 1. The van der Waals surface area contributed by atoms with Crippen LogP contribution in [0.4, 0.5) is 0 Å². The molecule has 0 aliphatic rings. The summed E-state index contributed by atoms with van der Waals surface area (Å²) in [6.07, 6.45) is 0. The molecule has 0 saturated heterocycles. The third kappa shape index (κ3) is 5.07. The second-order valence-corrected chi connectivity index (χ2v) is 4.75. The molecule has 17 heavy (non-hydrogen) atoms. The van der Waals surface area contributed by atoms with E-state index in [9.17, 15) is 0 Å². The molecule has 96 valence electrons. The first-order valence-corrected chi connectivity index (χ1v) is 6.54. The van der Waals surface area contributed by atoms with Crippen LogP contribution in [0.1, 0.15) is 16.7 Å². The molecule has 0 bridgehead atoms. The van der Waals surface area contributed by atoms with Gasteiger partial charge in [-0.1, -0.05) is 18.2 Å². The van der Waals surface area contributed by atoms with Gasteiger partial charge in [-0.2, -0.15) is 0 Å². The summed E-state index contributed by atoms with van der Waals surface area (Å²) in [4.78, 5) is 2.32. The van der Waals surface area contributed by atoms with Gasteiger partial charge in [0.2, 0.25) is 0 Å². The Bertz CT molecular complexity index is 341. The number of halogens is 1. The van der Waals surface area contributed by atoms with Crippen molar-refractivity contribution in [1.29, 1.82) is 0 Å².